The molecule has 10 rings (SSSR count). The molecule has 0 bridgehead atoms. The van der Waals surface area contributed by atoms with Crippen molar-refractivity contribution < 1.29 is 4.42 Å². The van der Waals surface area contributed by atoms with Crippen molar-refractivity contribution in [3.63, 3.8) is 0 Å². The van der Waals surface area contributed by atoms with Crippen molar-refractivity contribution in [3.05, 3.63) is 170 Å². The largest absolute Gasteiger partial charge is 0.455 e. The van der Waals surface area contributed by atoms with Crippen molar-refractivity contribution in [1.29, 1.82) is 0 Å². The number of rotatable bonds is 4. The zero-order valence-electron chi connectivity index (χ0n) is 26.0. The Hall–Kier alpha value is -5.96. The van der Waals surface area contributed by atoms with Crippen molar-refractivity contribution in [3.8, 4) is 43.8 Å². The fraction of sp³-hybridized carbons (Fsp3) is 0. The van der Waals surface area contributed by atoms with E-state index in [0.29, 0.717) is 0 Å². The van der Waals surface area contributed by atoms with Crippen molar-refractivity contribution in [2.24, 2.45) is 0 Å². The molecule has 10 aromatic rings. The van der Waals surface area contributed by atoms with Gasteiger partial charge in [0.1, 0.15) is 5.58 Å². The summed E-state index contributed by atoms with van der Waals surface area (Å²) in [5.41, 5.74) is 10.5. The van der Waals surface area contributed by atoms with Crippen LogP contribution in [-0.4, -0.2) is 0 Å². The Morgan fingerprint density at radius 1 is 0.333 bits per heavy atom. The molecule has 0 saturated heterocycles. The predicted molar refractivity (Wildman–Crippen MR) is 206 cm³/mol. The van der Waals surface area contributed by atoms with Gasteiger partial charge in [0, 0.05) is 26.6 Å². The van der Waals surface area contributed by atoms with Gasteiger partial charge in [-0.1, -0.05) is 152 Å². The Morgan fingerprint density at radius 2 is 0.812 bits per heavy atom. The van der Waals surface area contributed by atoms with Crippen LogP contribution in [0.15, 0.2) is 174 Å². The van der Waals surface area contributed by atoms with Gasteiger partial charge in [-0.15, -0.1) is 11.3 Å². The van der Waals surface area contributed by atoms with Crippen molar-refractivity contribution in [2.75, 3.05) is 0 Å². The first-order valence-electron chi connectivity index (χ1n) is 16.4. The number of thiophene rings is 1. The summed E-state index contributed by atoms with van der Waals surface area (Å²) in [5.74, 6) is 0. The van der Waals surface area contributed by atoms with Crippen LogP contribution in [0.3, 0.4) is 0 Å². The Morgan fingerprint density at radius 3 is 1.40 bits per heavy atom. The molecule has 0 spiro atoms. The molecular weight excluding hydrogens is 601 g/mol. The molecule has 0 atom stereocenters. The molecule has 0 amide bonds. The molecule has 0 N–H and O–H groups in total. The predicted octanol–water partition coefficient (Wildman–Crippen LogP) is 13.8. The van der Waals surface area contributed by atoms with Gasteiger partial charge >= 0.3 is 0 Å². The minimum atomic E-state index is 0.909. The average molecular weight is 629 g/mol. The molecule has 2 heterocycles. The Labute approximate surface area is 282 Å². The second-order valence-electron chi connectivity index (χ2n) is 12.4. The quantitative estimate of drug-likeness (QED) is 0.177. The second kappa shape index (κ2) is 10.8. The minimum absolute atomic E-state index is 0.909. The normalized spacial score (nSPS) is 11.8. The van der Waals surface area contributed by atoms with E-state index in [4.69, 9.17) is 4.42 Å². The van der Waals surface area contributed by atoms with E-state index >= 15 is 0 Å². The Kier molecular flexibility index (Phi) is 6.12. The van der Waals surface area contributed by atoms with Crippen LogP contribution in [0.25, 0.3) is 97.4 Å². The topological polar surface area (TPSA) is 13.1 Å². The van der Waals surface area contributed by atoms with Crippen LogP contribution in [0.5, 0.6) is 0 Å². The lowest BCUT2D eigenvalue weighted by Gasteiger charge is -2.17. The number of fused-ring (bicyclic) bond motifs is 7. The van der Waals surface area contributed by atoms with Crippen LogP contribution in [0, 0.1) is 0 Å². The molecule has 0 fully saturated rings. The molecule has 0 aliphatic carbocycles. The smallest absolute Gasteiger partial charge is 0.153 e. The monoisotopic (exact) mass is 628 g/mol. The molecule has 2 aromatic heterocycles. The summed E-state index contributed by atoms with van der Waals surface area (Å²) in [6, 6.07) is 61.2. The number of benzene rings is 8. The van der Waals surface area contributed by atoms with Gasteiger partial charge in [0.2, 0.25) is 0 Å². The molecule has 1 nitrogen and oxygen atoms in total. The highest BCUT2D eigenvalue weighted by Crippen LogP contribution is 2.49. The summed E-state index contributed by atoms with van der Waals surface area (Å²) in [4.78, 5) is 1.27. The average Bonchev–Trinajstić information content (AvgIpc) is 3.73. The highest BCUT2D eigenvalue weighted by molar-refractivity contribution is 7.24. The minimum Gasteiger partial charge on any atom is -0.455 e. The van der Waals surface area contributed by atoms with E-state index in [1.54, 1.807) is 0 Å². The number of furan rings is 1. The van der Waals surface area contributed by atoms with Gasteiger partial charge in [0.05, 0.1) is 4.70 Å². The zero-order chi connectivity index (χ0) is 31.6. The fourth-order valence-electron chi connectivity index (χ4n) is 7.58. The van der Waals surface area contributed by atoms with Gasteiger partial charge in [0.15, 0.2) is 5.58 Å². The van der Waals surface area contributed by atoms with Crippen LogP contribution < -0.4 is 0 Å². The maximum Gasteiger partial charge on any atom is 0.153 e. The highest BCUT2D eigenvalue weighted by atomic mass is 32.1. The first-order valence-corrected chi connectivity index (χ1v) is 17.2. The van der Waals surface area contributed by atoms with Crippen molar-refractivity contribution >= 4 is 64.9 Å². The second-order valence-corrected chi connectivity index (χ2v) is 13.4. The van der Waals surface area contributed by atoms with Crippen molar-refractivity contribution in [1.82, 2.24) is 0 Å². The standard InChI is InChI=1S/C46H28OS/c1-4-14-29(15-5-1)41-33-20-10-12-22-35(33)42(36-23-13-11-21-34(36)41)32-24-27-40-39(28-32)37-25-26-38-43(30-16-6-2-7-17-30)45(31-18-8-3-9-19-31)48-46(38)44(37)47-40/h1-28H. The number of hydrogen-bond acceptors (Lipinski definition) is 2. The van der Waals surface area contributed by atoms with Gasteiger partial charge in [-0.3, -0.25) is 0 Å². The maximum absolute atomic E-state index is 6.76. The van der Waals surface area contributed by atoms with Crippen LogP contribution in [0.1, 0.15) is 0 Å². The molecule has 48 heavy (non-hydrogen) atoms. The first kappa shape index (κ1) is 27.2. The lowest BCUT2D eigenvalue weighted by Crippen LogP contribution is -1.90. The molecule has 2 heteroatoms. The van der Waals surface area contributed by atoms with E-state index in [1.807, 2.05) is 11.3 Å². The lowest BCUT2D eigenvalue weighted by molar-refractivity contribution is 0.673. The van der Waals surface area contributed by atoms with Gasteiger partial charge in [0.25, 0.3) is 0 Å². The third-order valence-corrected chi connectivity index (χ3v) is 10.9. The van der Waals surface area contributed by atoms with Gasteiger partial charge in [-0.05, 0) is 73.1 Å². The van der Waals surface area contributed by atoms with Crippen LogP contribution >= 0.6 is 11.3 Å². The molecule has 0 radical (unpaired) electrons. The Balaban J connectivity index is 1.24. The Bertz CT molecular complexity index is 2750. The molecular formula is C46H28OS. The van der Waals surface area contributed by atoms with E-state index in [0.717, 1.165) is 21.9 Å². The summed E-state index contributed by atoms with van der Waals surface area (Å²) in [6.45, 7) is 0. The maximum atomic E-state index is 6.76. The third kappa shape index (κ3) is 4.10. The van der Waals surface area contributed by atoms with Crippen LogP contribution in [0.2, 0.25) is 0 Å². The third-order valence-electron chi connectivity index (χ3n) is 9.68. The van der Waals surface area contributed by atoms with Crippen molar-refractivity contribution in [2.45, 2.75) is 0 Å². The van der Waals surface area contributed by atoms with E-state index in [2.05, 4.69) is 170 Å². The summed E-state index contributed by atoms with van der Waals surface area (Å²) >= 11 is 1.83. The molecule has 8 aromatic carbocycles. The van der Waals surface area contributed by atoms with E-state index in [1.165, 1.54) is 75.5 Å². The molecule has 224 valence electrons. The summed E-state index contributed by atoms with van der Waals surface area (Å²) in [5, 5.41) is 8.54. The molecule has 0 aliphatic rings. The summed E-state index contributed by atoms with van der Waals surface area (Å²) in [6.07, 6.45) is 0. The summed E-state index contributed by atoms with van der Waals surface area (Å²) < 4.78 is 7.95. The van der Waals surface area contributed by atoms with E-state index < -0.39 is 0 Å². The van der Waals surface area contributed by atoms with Gasteiger partial charge < -0.3 is 4.42 Å². The summed E-state index contributed by atoms with van der Waals surface area (Å²) in [7, 11) is 0. The highest BCUT2D eigenvalue weighted by Gasteiger charge is 2.21. The first-order chi connectivity index (χ1) is 23.8. The molecule has 0 saturated carbocycles. The number of hydrogen-bond donors (Lipinski definition) is 0. The van der Waals surface area contributed by atoms with E-state index in [-0.39, 0.29) is 0 Å². The molecule has 0 aliphatic heterocycles. The van der Waals surface area contributed by atoms with Crippen LogP contribution in [0.4, 0.5) is 0 Å². The zero-order valence-corrected chi connectivity index (χ0v) is 26.8. The van der Waals surface area contributed by atoms with Gasteiger partial charge in [-0.25, -0.2) is 0 Å². The SMILES string of the molecule is c1ccc(-c2sc3c(ccc4c5cc(-c6c7ccccc7c(-c7ccccc7)c7ccccc67)ccc5oc43)c2-c2ccccc2)cc1. The fourth-order valence-corrected chi connectivity index (χ4v) is 8.90. The van der Waals surface area contributed by atoms with Crippen LogP contribution in [-0.2, 0) is 0 Å². The van der Waals surface area contributed by atoms with Gasteiger partial charge in [-0.2, -0.15) is 0 Å². The van der Waals surface area contributed by atoms with E-state index in [9.17, 15) is 0 Å². The molecule has 0 unspecified atom stereocenters. The lowest BCUT2D eigenvalue weighted by atomic mass is 9.86.